The van der Waals surface area contributed by atoms with Crippen molar-refractivity contribution in [2.24, 2.45) is 5.92 Å². The van der Waals surface area contributed by atoms with Gasteiger partial charge in [0.25, 0.3) is 0 Å². The molecular formula is C42H48N6O4. The van der Waals surface area contributed by atoms with E-state index in [4.69, 9.17) is 19.4 Å². The standard InChI is InChI=1S/C42H48N6O4/c1-41(2,3)51-39(49)47-21-7-8-35(47)37-44-32-20-18-29(23-33(32)45-37)27-11-9-25(10-12-27)26-13-15-28(16-14-26)34-24-43-38(46-34)36-30-17-19-31(22-30)48(36)40(50)52-42(4,5)6/h9-16,18,20,23-24,30-31,35-36H,7-8,17,19,21-22H2,1-6H3,(H,43,46)(H,44,45)/t30-,31-,35+,36+/m0/s1. The second-order valence-corrected chi connectivity index (χ2v) is 16.6. The summed E-state index contributed by atoms with van der Waals surface area (Å²) in [7, 11) is 0. The SMILES string of the molecule is CC(C)(C)OC(=O)N1CCC[C@@H]1c1nc2ccc(-c3ccc(-c4ccc(-c5cnc([C@H]6[C@H]7CC[C@@H](C7)N6C(=O)OC(C)(C)C)[nH]5)cc4)cc3)cc2[nH]1. The van der Waals surface area contributed by atoms with Gasteiger partial charge in [-0.1, -0.05) is 54.6 Å². The largest absolute Gasteiger partial charge is 0.444 e. The summed E-state index contributed by atoms with van der Waals surface area (Å²) in [5.41, 5.74) is 7.19. The lowest BCUT2D eigenvalue weighted by Gasteiger charge is -2.35. The molecule has 2 N–H and O–H groups in total. The Morgan fingerprint density at radius 3 is 2.02 bits per heavy atom. The highest BCUT2D eigenvalue weighted by molar-refractivity contribution is 5.83. The van der Waals surface area contributed by atoms with Crippen LogP contribution in [0.5, 0.6) is 0 Å². The van der Waals surface area contributed by atoms with Crippen LogP contribution >= 0.6 is 0 Å². The zero-order chi connectivity index (χ0) is 36.4. The highest BCUT2D eigenvalue weighted by Crippen LogP contribution is 2.50. The Morgan fingerprint density at radius 2 is 1.35 bits per heavy atom. The molecule has 0 radical (unpaired) electrons. The molecule has 1 saturated carbocycles. The summed E-state index contributed by atoms with van der Waals surface area (Å²) in [5.74, 6) is 2.03. The first-order chi connectivity index (χ1) is 24.8. The fourth-order valence-electron chi connectivity index (χ4n) is 8.21. The molecule has 3 aromatic carbocycles. The van der Waals surface area contributed by atoms with Gasteiger partial charge in [-0.05, 0) is 120 Å². The number of amides is 2. The monoisotopic (exact) mass is 700 g/mol. The van der Waals surface area contributed by atoms with Crippen LogP contribution in [-0.4, -0.2) is 65.7 Å². The van der Waals surface area contributed by atoms with Gasteiger partial charge < -0.3 is 19.4 Å². The number of H-pyrrole nitrogens is 2. The molecule has 2 bridgehead atoms. The van der Waals surface area contributed by atoms with E-state index in [9.17, 15) is 9.59 Å². The average molecular weight is 701 g/mol. The van der Waals surface area contributed by atoms with Crippen LogP contribution in [0.1, 0.15) is 97.4 Å². The number of rotatable bonds is 5. The van der Waals surface area contributed by atoms with E-state index in [0.717, 1.165) is 88.3 Å². The molecule has 0 spiro atoms. The number of hydrogen-bond donors (Lipinski definition) is 2. The van der Waals surface area contributed by atoms with Crippen molar-refractivity contribution in [1.29, 1.82) is 0 Å². The Morgan fingerprint density at radius 1 is 0.731 bits per heavy atom. The number of carbonyl (C=O) groups excluding carboxylic acids is 2. The maximum atomic E-state index is 13.2. The maximum absolute atomic E-state index is 13.2. The molecular weight excluding hydrogens is 652 g/mol. The fraction of sp³-hybridized carbons (Fsp3) is 0.429. The number of nitrogens with zero attached hydrogens (tertiary/aromatic N) is 4. The summed E-state index contributed by atoms with van der Waals surface area (Å²) in [5, 5.41) is 0. The van der Waals surface area contributed by atoms with Crippen molar-refractivity contribution >= 4 is 23.2 Å². The molecule has 1 aliphatic carbocycles. The number of carbonyl (C=O) groups is 2. The number of aromatic nitrogens is 4. The molecule has 2 aromatic heterocycles. The van der Waals surface area contributed by atoms with Gasteiger partial charge in [-0.3, -0.25) is 9.80 Å². The van der Waals surface area contributed by atoms with Crippen LogP contribution in [0.15, 0.2) is 72.9 Å². The topological polar surface area (TPSA) is 116 Å². The molecule has 3 aliphatic rings. The molecule has 2 amide bonds. The molecule has 8 rings (SSSR count). The number of ether oxygens (including phenoxy) is 2. The summed E-state index contributed by atoms with van der Waals surface area (Å²) in [6.07, 6.45) is 6.24. The van der Waals surface area contributed by atoms with Crippen LogP contribution in [-0.2, 0) is 9.47 Å². The number of piperidine rings is 1. The molecule has 2 saturated heterocycles. The molecule has 10 nitrogen and oxygen atoms in total. The third kappa shape index (κ3) is 6.66. The van der Waals surface area contributed by atoms with E-state index >= 15 is 0 Å². The van der Waals surface area contributed by atoms with E-state index < -0.39 is 11.2 Å². The van der Waals surface area contributed by atoms with Gasteiger partial charge in [0, 0.05) is 12.6 Å². The van der Waals surface area contributed by atoms with Crippen LogP contribution in [0.25, 0.3) is 44.5 Å². The van der Waals surface area contributed by atoms with Crippen LogP contribution in [0, 0.1) is 5.92 Å². The Bertz CT molecular complexity index is 2100. The van der Waals surface area contributed by atoms with Gasteiger partial charge in [0.1, 0.15) is 22.9 Å². The number of nitrogens with one attached hydrogen (secondary N) is 2. The van der Waals surface area contributed by atoms with Crippen molar-refractivity contribution in [3.8, 4) is 33.5 Å². The lowest BCUT2D eigenvalue weighted by Crippen LogP contribution is -2.43. The highest BCUT2D eigenvalue weighted by atomic mass is 16.6. The molecule has 4 atom stereocenters. The number of hydrogen-bond acceptors (Lipinski definition) is 6. The minimum atomic E-state index is -0.541. The quantitative estimate of drug-likeness (QED) is 0.189. The van der Waals surface area contributed by atoms with Gasteiger partial charge in [0.2, 0.25) is 0 Å². The normalized spacial score (nSPS) is 21.7. The van der Waals surface area contributed by atoms with Crippen LogP contribution in [0.2, 0.25) is 0 Å². The maximum Gasteiger partial charge on any atom is 0.411 e. The number of benzene rings is 3. The van der Waals surface area contributed by atoms with Crippen LogP contribution < -0.4 is 0 Å². The fourth-order valence-corrected chi connectivity index (χ4v) is 8.21. The number of imidazole rings is 2. The smallest absolute Gasteiger partial charge is 0.411 e. The minimum Gasteiger partial charge on any atom is -0.444 e. The van der Waals surface area contributed by atoms with Crippen molar-refractivity contribution in [2.45, 2.75) is 103 Å². The van der Waals surface area contributed by atoms with Gasteiger partial charge >= 0.3 is 12.2 Å². The molecule has 270 valence electrons. The first-order valence-corrected chi connectivity index (χ1v) is 18.6. The first kappa shape index (κ1) is 34.0. The van der Waals surface area contributed by atoms with Gasteiger partial charge in [-0.2, -0.15) is 0 Å². The predicted octanol–water partition coefficient (Wildman–Crippen LogP) is 9.82. The van der Waals surface area contributed by atoms with E-state index in [1.165, 1.54) is 0 Å². The lowest BCUT2D eigenvalue weighted by molar-refractivity contribution is 0.00613. The van der Waals surface area contributed by atoms with Gasteiger partial charge in [0.05, 0.1) is 35.0 Å². The molecule has 10 heteroatoms. The van der Waals surface area contributed by atoms with Crippen molar-refractivity contribution in [3.63, 3.8) is 0 Å². The van der Waals surface area contributed by atoms with Crippen LogP contribution in [0.3, 0.4) is 0 Å². The zero-order valence-electron chi connectivity index (χ0n) is 30.9. The summed E-state index contributed by atoms with van der Waals surface area (Å²) in [4.78, 5) is 46.5. The summed E-state index contributed by atoms with van der Waals surface area (Å²) >= 11 is 0. The average Bonchev–Trinajstić information content (AvgIpc) is 3.94. The Balaban J connectivity index is 0.954. The second kappa shape index (κ2) is 12.8. The Labute approximate surface area is 304 Å². The predicted molar refractivity (Wildman–Crippen MR) is 201 cm³/mol. The zero-order valence-corrected chi connectivity index (χ0v) is 30.9. The molecule has 52 heavy (non-hydrogen) atoms. The molecule has 3 fully saturated rings. The molecule has 0 unspecified atom stereocenters. The molecule has 4 heterocycles. The van der Waals surface area contributed by atoms with Gasteiger partial charge in [-0.25, -0.2) is 19.6 Å². The van der Waals surface area contributed by atoms with Crippen molar-refractivity contribution in [2.75, 3.05) is 6.54 Å². The number of fused-ring (bicyclic) bond motifs is 3. The van der Waals surface area contributed by atoms with E-state index in [2.05, 4.69) is 70.6 Å². The Kier molecular flexibility index (Phi) is 8.38. The summed E-state index contributed by atoms with van der Waals surface area (Å²) < 4.78 is 11.5. The van der Waals surface area contributed by atoms with Gasteiger partial charge in [-0.15, -0.1) is 0 Å². The van der Waals surface area contributed by atoms with Crippen molar-refractivity contribution in [1.82, 2.24) is 29.7 Å². The van der Waals surface area contributed by atoms with Crippen molar-refractivity contribution in [3.05, 3.63) is 84.6 Å². The van der Waals surface area contributed by atoms with E-state index in [1.54, 1.807) is 4.90 Å². The number of aromatic amines is 2. The summed E-state index contributed by atoms with van der Waals surface area (Å²) in [6.45, 7) is 12.1. The molecule has 5 aromatic rings. The van der Waals surface area contributed by atoms with E-state index in [-0.39, 0.29) is 30.3 Å². The number of likely N-dealkylation sites (tertiary alicyclic amines) is 2. The van der Waals surface area contributed by atoms with E-state index in [1.807, 2.05) is 58.7 Å². The van der Waals surface area contributed by atoms with Crippen LogP contribution in [0.4, 0.5) is 9.59 Å². The van der Waals surface area contributed by atoms with Crippen molar-refractivity contribution < 1.29 is 19.1 Å². The minimum absolute atomic E-state index is 0.0852. The summed E-state index contributed by atoms with van der Waals surface area (Å²) in [6, 6.07) is 23.4. The lowest BCUT2D eigenvalue weighted by atomic mass is 9.98. The first-order valence-electron chi connectivity index (χ1n) is 18.6. The Hall–Kier alpha value is -5.12. The third-order valence-electron chi connectivity index (χ3n) is 10.5. The molecule has 2 aliphatic heterocycles. The van der Waals surface area contributed by atoms with E-state index in [0.29, 0.717) is 12.5 Å². The third-order valence-corrected chi connectivity index (χ3v) is 10.5. The second-order valence-electron chi connectivity index (χ2n) is 16.6. The highest BCUT2D eigenvalue weighted by Gasteiger charge is 2.51. The van der Waals surface area contributed by atoms with Gasteiger partial charge in [0.15, 0.2) is 0 Å².